The Kier molecular flexibility index (Phi) is 5.50. The molecule has 28 heavy (non-hydrogen) atoms. The average Bonchev–Trinajstić information content (AvgIpc) is 2.67. The maximum atomic E-state index is 12.4. The van der Waals surface area contributed by atoms with Gasteiger partial charge in [-0.2, -0.15) is 0 Å². The zero-order chi connectivity index (χ0) is 20.3. The molecule has 0 unspecified atom stereocenters. The number of amides is 1. The number of para-hydroxylation sites is 2. The van der Waals surface area contributed by atoms with Crippen molar-refractivity contribution in [3.8, 4) is 5.75 Å². The first-order valence-corrected chi connectivity index (χ1v) is 10.0. The Labute approximate surface area is 162 Å². The number of esters is 1. The third kappa shape index (κ3) is 4.39. The molecular formula is C18H19N3O6S. The van der Waals surface area contributed by atoms with E-state index in [2.05, 4.69) is 9.71 Å². The van der Waals surface area contributed by atoms with Gasteiger partial charge in [-0.25, -0.2) is 13.2 Å². The van der Waals surface area contributed by atoms with Gasteiger partial charge in [0.15, 0.2) is 6.10 Å². The quantitative estimate of drug-likeness (QED) is 0.729. The lowest BCUT2D eigenvalue weighted by molar-refractivity contribution is -0.149. The summed E-state index contributed by atoms with van der Waals surface area (Å²) in [5.74, 6) is -0.624. The van der Waals surface area contributed by atoms with E-state index in [0.29, 0.717) is 11.4 Å². The zero-order valence-electron chi connectivity index (χ0n) is 15.3. The lowest BCUT2D eigenvalue weighted by Crippen LogP contribution is -2.37. The van der Waals surface area contributed by atoms with Crippen molar-refractivity contribution in [1.82, 2.24) is 4.90 Å². The molecule has 0 saturated heterocycles. The van der Waals surface area contributed by atoms with E-state index in [1.165, 1.54) is 32.4 Å². The van der Waals surface area contributed by atoms with Gasteiger partial charge in [0.25, 0.3) is 15.9 Å². The molecular weight excluding hydrogens is 386 g/mol. The highest BCUT2D eigenvalue weighted by molar-refractivity contribution is 7.90. The topological polar surface area (TPSA) is 114 Å². The molecule has 0 aliphatic carbocycles. The van der Waals surface area contributed by atoms with Crippen LogP contribution in [0.2, 0.25) is 0 Å². The van der Waals surface area contributed by atoms with Crippen molar-refractivity contribution >= 4 is 33.4 Å². The Morgan fingerprint density at radius 3 is 2.75 bits per heavy atom. The van der Waals surface area contributed by atoms with Gasteiger partial charge in [-0.1, -0.05) is 12.1 Å². The van der Waals surface area contributed by atoms with E-state index in [4.69, 9.17) is 9.47 Å². The average molecular weight is 405 g/mol. The van der Waals surface area contributed by atoms with E-state index < -0.39 is 28.0 Å². The Hall–Kier alpha value is -3.14. The second-order valence-electron chi connectivity index (χ2n) is 6.08. The van der Waals surface area contributed by atoms with Gasteiger partial charge in [0.1, 0.15) is 11.6 Å². The number of amidine groups is 1. The summed E-state index contributed by atoms with van der Waals surface area (Å²) in [5.41, 5.74) is 0.653. The molecule has 0 spiro atoms. The minimum atomic E-state index is -3.47. The van der Waals surface area contributed by atoms with Crippen LogP contribution in [0.5, 0.6) is 5.75 Å². The molecule has 1 aromatic rings. The molecule has 2 heterocycles. The van der Waals surface area contributed by atoms with Crippen LogP contribution < -0.4 is 10.1 Å². The highest BCUT2D eigenvalue weighted by atomic mass is 32.2. The lowest BCUT2D eigenvalue weighted by atomic mass is 10.2. The van der Waals surface area contributed by atoms with Crippen molar-refractivity contribution in [2.75, 3.05) is 24.7 Å². The highest BCUT2D eigenvalue weighted by Crippen LogP contribution is 2.23. The van der Waals surface area contributed by atoms with E-state index in [0.717, 1.165) is 0 Å². The number of fused-ring (bicyclic) bond motifs is 1. The molecule has 1 amide bonds. The molecule has 148 valence electrons. The fourth-order valence-corrected chi connectivity index (χ4v) is 3.56. The Morgan fingerprint density at radius 1 is 1.25 bits per heavy atom. The number of nitrogens with zero attached hydrogens (tertiary/aromatic N) is 2. The van der Waals surface area contributed by atoms with Gasteiger partial charge in [0.05, 0.1) is 24.1 Å². The summed E-state index contributed by atoms with van der Waals surface area (Å²) in [6.45, 7) is 1.64. The summed E-state index contributed by atoms with van der Waals surface area (Å²) in [4.78, 5) is 26.2. The van der Waals surface area contributed by atoms with Crippen molar-refractivity contribution < 1.29 is 27.5 Å². The predicted octanol–water partition coefficient (Wildman–Crippen LogP) is 1.06. The molecule has 3 rings (SSSR count). The molecule has 1 atom stereocenters. The molecule has 2 aliphatic heterocycles. The molecule has 1 N–H and O–H groups in total. The molecule has 0 bridgehead atoms. The first kappa shape index (κ1) is 19.6. The molecule has 0 aromatic heterocycles. The van der Waals surface area contributed by atoms with E-state index >= 15 is 0 Å². The number of hydrogen-bond donors (Lipinski definition) is 1. The standard InChI is InChI=1S/C18H19N3O6S/c1-12(17(22)19-14-5-3-4-6-15(14)26-2)27-18(23)13-7-8-16-20-28(24,25)10-9-21(16)11-13/h3-8,11-12H,9-10H2,1-2H3,(H,19,22)/t12-/m1/s1. The second-order valence-corrected chi connectivity index (χ2v) is 7.84. The van der Waals surface area contributed by atoms with Crippen LogP contribution >= 0.6 is 0 Å². The third-order valence-electron chi connectivity index (χ3n) is 4.08. The van der Waals surface area contributed by atoms with Crippen molar-refractivity contribution in [1.29, 1.82) is 0 Å². The molecule has 10 heteroatoms. The number of ether oxygens (including phenoxy) is 2. The van der Waals surface area contributed by atoms with Crippen molar-refractivity contribution in [3.05, 3.63) is 48.2 Å². The first-order chi connectivity index (χ1) is 13.3. The minimum Gasteiger partial charge on any atom is -0.495 e. The fraction of sp³-hybridized carbons (Fsp3) is 0.278. The van der Waals surface area contributed by atoms with Gasteiger partial charge in [-0.15, -0.1) is 4.40 Å². The molecule has 0 saturated carbocycles. The molecule has 1 aromatic carbocycles. The number of methoxy groups -OCH3 is 1. The van der Waals surface area contributed by atoms with Crippen LogP contribution in [-0.4, -0.2) is 56.5 Å². The number of rotatable bonds is 5. The third-order valence-corrected chi connectivity index (χ3v) is 5.24. The van der Waals surface area contributed by atoms with Gasteiger partial charge in [0, 0.05) is 12.7 Å². The van der Waals surface area contributed by atoms with E-state index in [1.807, 2.05) is 0 Å². The van der Waals surface area contributed by atoms with Gasteiger partial charge in [-0.3, -0.25) is 4.79 Å². The summed E-state index contributed by atoms with van der Waals surface area (Å²) < 4.78 is 37.1. The number of benzene rings is 1. The molecule has 0 fully saturated rings. The highest BCUT2D eigenvalue weighted by Gasteiger charge is 2.27. The minimum absolute atomic E-state index is 0.138. The lowest BCUT2D eigenvalue weighted by Gasteiger charge is -2.27. The fourth-order valence-electron chi connectivity index (χ4n) is 2.59. The molecule has 0 radical (unpaired) electrons. The van der Waals surface area contributed by atoms with Crippen LogP contribution in [0, 0.1) is 0 Å². The summed E-state index contributed by atoms with van der Waals surface area (Å²) >= 11 is 0. The van der Waals surface area contributed by atoms with Crippen molar-refractivity contribution in [2.45, 2.75) is 13.0 Å². The summed E-state index contributed by atoms with van der Waals surface area (Å²) in [6, 6.07) is 6.87. The Bertz CT molecular complexity index is 996. The van der Waals surface area contributed by atoms with Gasteiger partial charge >= 0.3 is 5.97 Å². The van der Waals surface area contributed by atoms with Crippen LogP contribution in [0.4, 0.5) is 5.69 Å². The van der Waals surface area contributed by atoms with Crippen LogP contribution in [0.3, 0.4) is 0 Å². The smallest absolute Gasteiger partial charge is 0.340 e. The Balaban J connectivity index is 1.64. The predicted molar refractivity (Wildman–Crippen MR) is 102 cm³/mol. The van der Waals surface area contributed by atoms with Gasteiger partial charge in [0.2, 0.25) is 0 Å². The summed E-state index contributed by atoms with van der Waals surface area (Å²) in [6.07, 6.45) is 3.24. The number of carbonyl (C=O) groups is 2. The summed E-state index contributed by atoms with van der Waals surface area (Å²) in [7, 11) is -1.98. The monoisotopic (exact) mass is 405 g/mol. The number of nitrogens with one attached hydrogen (secondary N) is 1. The second kappa shape index (κ2) is 7.85. The Morgan fingerprint density at radius 2 is 2.00 bits per heavy atom. The van der Waals surface area contributed by atoms with Crippen LogP contribution in [0.1, 0.15) is 6.92 Å². The molecule has 9 nitrogen and oxygen atoms in total. The maximum absolute atomic E-state index is 12.4. The first-order valence-electron chi connectivity index (χ1n) is 8.43. The van der Waals surface area contributed by atoms with Gasteiger partial charge in [-0.05, 0) is 31.2 Å². The SMILES string of the molecule is COc1ccccc1NC(=O)[C@@H](C)OC(=O)C1=CN2CCS(=O)(=O)N=C2C=C1. The zero-order valence-corrected chi connectivity index (χ0v) is 16.1. The number of anilines is 1. The summed E-state index contributed by atoms with van der Waals surface area (Å²) in [5, 5.41) is 2.65. The normalized spacial score (nSPS) is 18.3. The molecule has 2 aliphatic rings. The maximum Gasteiger partial charge on any atom is 0.340 e. The van der Waals surface area contributed by atoms with E-state index in [-0.39, 0.29) is 23.7 Å². The largest absolute Gasteiger partial charge is 0.495 e. The van der Waals surface area contributed by atoms with Crippen molar-refractivity contribution in [2.24, 2.45) is 4.40 Å². The van der Waals surface area contributed by atoms with Crippen LogP contribution in [-0.2, 0) is 24.3 Å². The number of sulfonamides is 1. The van der Waals surface area contributed by atoms with Crippen molar-refractivity contribution in [3.63, 3.8) is 0 Å². The van der Waals surface area contributed by atoms with E-state index in [9.17, 15) is 18.0 Å². The van der Waals surface area contributed by atoms with Gasteiger partial charge < -0.3 is 19.7 Å². The van der Waals surface area contributed by atoms with Crippen LogP contribution in [0.25, 0.3) is 0 Å². The van der Waals surface area contributed by atoms with Crippen LogP contribution in [0.15, 0.2) is 52.6 Å². The number of hydrogen-bond acceptors (Lipinski definition) is 7. The van der Waals surface area contributed by atoms with E-state index in [1.54, 1.807) is 29.2 Å². The number of carbonyl (C=O) groups excluding carboxylic acids is 2.